The van der Waals surface area contributed by atoms with Gasteiger partial charge in [0.15, 0.2) is 0 Å². The fourth-order valence-corrected chi connectivity index (χ4v) is 1.26. The van der Waals surface area contributed by atoms with Gasteiger partial charge in [-0.05, 0) is 6.07 Å². The summed E-state index contributed by atoms with van der Waals surface area (Å²) in [5, 5.41) is 13.5. The molecule has 0 saturated heterocycles. The normalized spacial score (nSPS) is 12.5. The van der Waals surface area contributed by atoms with Gasteiger partial charge >= 0.3 is 5.97 Å². The third-order valence-electron chi connectivity index (χ3n) is 1.28. The van der Waals surface area contributed by atoms with Crippen LogP contribution in [0.25, 0.3) is 0 Å². The van der Waals surface area contributed by atoms with E-state index >= 15 is 0 Å². The highest BCUT2D eigenvalue weighted by atomic mass is 35.5. The Bertz CT molecular complexity index is 382. The van der Waals surface area contributed by atoms with Crippen molar-refractivity contribution in [2.45, 2.75) is 4.90 Å². The smallest absolute Gasteiger partial charge is 0.338 e. The van der Waals surface area contributed by atoms with Crippen molar-refractivity contribution >= 4 is 28.6 Å². The summed E-state index contributed by atoms with van der Waals surface area (Å²) in [7, 11) is -1.75. The average molecular weight is 221 g/mol. The number of hydrogen-bond donors (Lipinski definition) is 2. The van der Waals surface area contributed by atoms with E-state index in [2.05, 4.69) is 4.98 Å². The van der Waals surface area contributed by atoms with Crippen molar-refractivity contribution in [3.8, 4) is 0 Å². The minimum atomic E-state index is -1.75. The lowest BCUT2D eigenvalue weighted by Crippen LogP contribution is -2.06. The summed E-state index contributed by atoms with van der Waals surface area (Å²) in [6, 6.07) is 1.13. The van der Waals surface area contributed by atoms with E-state index in [9.17, 15) is 9.00 Å². The number of nitrogens with zero attached hydrogens (tertiary/aromatic N) is 1. The van der Waals surface area contributed by atoms with Crippen LogP contribution in [0.5, 0.6) is 0 Å². The summed E-state index contributed by atoms with van der Waals surface area (Å²) in [4.78, 5) is 14.2. The molecule has 13 heavy (non-hydrogen) atoms. The molecule has 1 unspecified atom stereocenters. The molecule has 0 aliphatic carbocycles. The maximum absolute atomic E-state index is 10.7. The van der Waals surface area contributed by atoms with E-state index in [1.165, 1.54) is 6.20 Å². The second kappa shape index (κ2) is 3.82. The van der Waals surface area contributed by atoms with E-state index in [1.807, 2.05) is 0 Å². The highest BCUT2D eigenvalue weighted by Gasteiger charge is 2.11. The molecule has 0 bridgehead atoms. The van der Waals surface area contributed by atoms with Crippen molar-refractivity contribution in [1.82, 2.24) is 4.98 Å². The summed E-state index contributed by atoms with van der Waals surface area (Å²) in [6.45, 7) is 0. The fourth-order valence-electron chi connectivity index (χ4n) is 0.689. The maximum atomic E-state index is 10.7. The van der Waals surface area contributed by atoms with Crippen LogP contribution in [-0.2, 0) is 11.0 Å². The number of carbonyl (C=O) groups is 1. The number of carboxylic acid groups (broad SMARTS) is 1. The zero-order chi connectivity index (χ0) is 10.0. The molecular formula is C6H5ClN2O3S. The first-order chi connectivity index (χ1) is 6.02. The van der Waals surface area contributed by atoms with Gasteiger partial charge in [0.2, 0.25) is 0 Å². The summed E-state index contributed by atoms with van der Waals surface area (Å²) < 4.78 is 10.7. The van der Waals surface area contributed by atoms with Gasteiger partial charge in [-0.3, -0.25) is 0 Å². The number of aromatic carboxylic acids is 1. The molecule has 1 atom stereocenters. The Kier molecular flexibility index (Phi) is 2.97. The quantitative estimate of drug-likeness (QED) is 0.706. The molecule has 1 rings (SSSR count). The minimum absolute atomic E-state index is 0.127. The second-order valence-electron chi connectivity index (χ2n) is 2.11. The number of rotatable bonds is 2. The molecule has 1 aromatic rings. The minimum Gasteiger partial charge on any atom is -0.478 e. The topological polar surface area (TPSA) is 93.3 Å². The van der Waals surface area contributed by atoms with Crippen LogP contribution < -0.4 is 5.14 Å². The highest BCUT2D eigenvalue weighted by molar-refractivity contribution is 7.82. The van der Waals surface area contributed by atoms with Gasteiger partial charge in [-0.2, -0.15) is 0 Å². The Morgan fingerprint density at radius 3 is 2.77 bits per heavy atom. The van der Waals surface area contributed by atoms with Gasteiger partial charge in [0, 0.05) is 6.20 Å². The Balaban J connectivity index is 3.27. The average Bonchev–Trinajstić information content (AvgIpc) is 2.04. The predicted octanol–water partition coefficient (Wildman–Crippen LogP) is 0.415. The number of carboxylic acids is 1. The van der Waals surface area contributed by atoms with E-state index in [0.717, 1.165) is 6.07 Å². The third kappa shape index (κ3) is 2.24. The van der Waals surface area contributed by atoms with Gasteiger partial charge < -0.3 is 5.11 Å². The summed E-state index contributed by atoms with van der Waals surface area (Å²) in [6.07, 6.45) is 1.17. The molecule has 1 aromatic heterocycles. The Labute approximate surface area is 81.1 Å². The zero-order valence-electron chi connectivity index (χ0n) is 6.23. The lowest BCUT2D eigenvalue weighted by atomic mass is 10.3. The molecule has 0 spiro atoms. The van der Waals surface area contributed by atoms with E-state index in [0.29, 0.717) is 0 Å². The summed E-state index contributed by atoms with van der Waals surface area (Å²) in [5.74, 6) is -1.23. The SMILES string of the molecule is NS(=O)c1cnc(Cl)c(C(=O)O)c1. The van der Waals surface area contributed by atoms with Crippen molar-refractivity contribution in [2.75, 3.05) is 0 Å². The van der Waals surface area contributed by atoms with Gasteiger partial charge in [-0.1, -0.05) is 11.6 Å². The lowest BCUT2D eigenvalue weighted by molar-refractivity contribution is 0.0696. The molecule has 0 saturated carbocycles. The Hall–Kier alpha value is -0.980. The van der Waals surface area contributed by atoms with Crippen LogP contribution in [0.15, 0.2) is 17.2 Å². The monoisotopic (exact) mass is 220 g/mol. The van der Waals surface area contributed by atoms with Crippen molar-refractivity contribution in [3.63, 3.8) is 0 Å². The number of halogens is 1. The third-order valence-corrected chi connectivity index (χ3v) is 2.27. The standard InChI is InChI=1S/C6H5ClN2O3S/c7-5-4(6(10)11)1-3(2-9-5)13(8)12/h1-2H,8H2,(H,10,11). The predicted molar refractivity (Wildman–Crippen MR) is 46.8 cm³/mol. The fraction of sp³-hybridized carbons (Fsp3) is 0. The molecule has 0 fully saturated rings. The van der Waals surface area contributed by atoms with Gasteiger partial charge in [-0.15, -0.1) is 0 Å². The van der Waals surface area contributed by atoms with Crippen molar-refractivity contribution in [1.29, 1.82) is 0 Å². The molecule has 0 radical (unpaired) electrons. The number of nitrogens with two attached hydrogens (primary N) is 1. The van der Waals surface area contributed by atoms with Crippen LogP contribution in [0.1, 0.15) is 10.4 Å². The van der Waals surface area contributed by atoms with Gasteiger partial charge in [-0.25, -0.2) is 19.1 Å². The van der Waals surface area contributed by atoms with Gasteiger partial charge in [0.05, 0.1) is 10.5 Å². The van der Waals surface area contributed by atoms with Crippen LogP contribution in [-0.4, -0.2) is 20.3 Å². The van der Waals surface area contributed by atoms with Crippen molar-refractivity contribution < 1.29 is 14.1 Å². The van der Waals surface area contributed by atoms with Gasteiger partial charge in [0.25, 0.3) is 0 Å². The first-order valence-corrected chi connectivity index (χ1v) is 4.66. The highest BCUT2D eigenvalue weighted by Crippen LogP contribution is 2.15. The number of aromatic nitrogens is 1. The zero-order valence-corrected chi connectivity index (χ0v) is 7.80. The van der Waals surface area contributed by atoms with Crippen LogP contribution in [0, 0.1) is 0 Å². The van der Waals surface area contributed by atoms with Crippen molar-refractivity contribution in [3.05, 3.63) is 23.0 Å². The molecule has 0 aliphatic rings. The largest absolute Gasteiger partial charge is 0.478 e. The molecule has 0 aromatic carbocycles. The van der Waals surface area contributed by atoms with E-state index in [1.54, 1.807) is 0 Å². The van der Waals surface area contributed by atoms with Gasteiger partial charge in [0.1, 0.15) is 16.1 Å². The molecular weight excluding hydrogens is 216 g/mol. The molecule has 0 amide bonds. The van der Waals surface area contributed by atoms with Crippen LogP contribution >= 0.6 is 11.6 Å². The van der Waals surface area contributed by atoms with Crippen LogP contribution in [0.2, 0.25) is 5.15 Å². The molecule has 0 aliphatic heterocycles. The molecule has 5 nitrogen and oxygen atoms in total. The number of pyridine rings is 1. The lowest BCUT2D eigenvalue weighted by Gasteiger charge is -1.99. The second-order valence-corrected chi connectivity index (χ2v) is 3.54. The Morgan fingerprint density at radius 1 is 1.69 bits per heavy atom. The molecule has 7 heteroatoms. The first-order valence-electron chi connectivity index (χ1n) is 3.07. The maximum Gasteiger partial charge on any atom is 0.338 e. The summed E-state index contributed by atoms with van der Waals surface area (Å²) >= 11 is 5.46. The first kappa shape index (κ1) is 10.1. The van der Waals surface area contributed by atoms with E-state index in [4.69, 9.17) is 21.8 Å². The molecule has 1 heterocycles. The van der Waals surface area contributed by atoms with Crippen molar-refractivity contribution in [2.24, 2.45) is 5.14 Å². The molecule has 3 N–H and O–H groups in total. The van der Waals surface area contributed by atoms with Crippen LogP contribution in [0.4, 0.5) is 0 Å². The van der Waals surface area contributed by atoms with E-state index < -0.39 is 17.0 Å². The van der Waals surface area contributed by atoms with E-state index in [-0.39, 0.29) is 15.6 Å². The summed E-state index contributed by atoms with van der Waals surface area (Å²) in [5.41, 5.74) is -0.210. The van der Waals surface area contributed by atoms with Crippen LogP contribution in [0.3, 0.4) is 0 Å². The molecule has 70 valence electrons. The Morgan fingerprint density at radius 2 is 2.31 bits per heavy atom. The number of hydrogen-bond acceptors (Lipinski definition) is 3.